The van der Waals surface area contributed by atoms with Gasteiger partial charge in [0.1, 0.15) is 23.9 Å². The van der Waals surface area contributed by atoms with Crippen molar-refractivity contribution in [3.8, 4) is 22.7 Å². The number of nitrogens with zero attached hydrogens (tertiary/aromatic N) is 4. The van der Waals surface area contributed by atoms with E-state index in [2.05, 4.69) is 16.8 Å². The van der Waals surface area contributed by atoms with E-state index in [1.165, 1.54) is 24.2 Å². The quantitative estimate of drug-likeness (QED) is 0.242. The van der Waals surface area contributed by atoms with Crippen LogP contribution >= 0.6 is 11.8 Å². The number of halogens is 1. The monoisotopic (exact) mass is 552 g/mol. The minimum Gasteiger partial charge on any atom is -0.489 e. The third-order valence-corrected chi connectivity index (χ3v) is 8.09. The molecule has 0 N–H and O–H groups in total. The summed E-state index contributed by atoms with van der Waals surface area (Å²) < 4.78 is 21.9. The van der Waals surface area contributed by atoms with Gasteiger partial charge in [-0.2, -0.15) is 10.1 Å². The molecule has 6 rings (SSSR count). The first-order valence-electron chi connectivity index (χ1n) is 13.4. The van der Waals surface area contributed by atoms with Crippen LogP contribution in [0.2, 0.25) is 0 Å². The van der Waals surface area contributed by atoms with E-state index in [1.807, 2.05) is 71.6 Å². The van der Waals surface area contributed by atoms with Crippen LogP contribution in [0.25, 0.3) is 23.0 Å². The van der Waals surface area contributed by atoms with E-state index in [0.717, 1.165) is 41.5 Å². The number of rotatable bonds is 6. The summed E-state index contributed by atoms with van der Waals surface area (Å²) in [6.07, 6.45) is 6.12. The van der Waals surface area contributed by atoms with Crippen LogP contribution in [0.4, 0.5) is 4.39 Å². The Morgan fingerprint density at radius 2 is 1.90 bits per heavy atom. The molecule has 1 amide bonds. The number of amidine groups is 1. The van der Waals surface area contributed by atoms with Gasteiger partial charge < -0.3 is 9.64 Å². The molecular formula is C32H29FN4O2S. The molecule has 2 aliphatic rings. The molecule has 3 heterocycles. The predicted molar refractivity (Wildman–Crippen MR) is 158 cm³/mol. The van der Waals surface area contributed by atoms with Gasteiger partial charge in [0, 0.05) is 36.0 Å². The largest absolute Gasteiger partial charge is 0.489 e. The number of benzene rings is 3. The maximum atomic E-state index is 14.1. The second-order valence-electron chi connectivity index (χ2n) is 10.1. The van der Waals surface area contributed by atoms with Gasteiger partial charge >= 0.3 is 0 Å². The summed E-state index contributed by atoms with van der Waals surface area (Å²) in [5, 5.41) is 5.68. The van der Waals surface area contributed by atoms with Gasteiger partial charge in [0.2, 0.25) is 0 Å². The summed E-state index contributed by atoms with van der Waals surface area (Å²) in [6.45, 7) is 4.20. The Morgan fingerprint density at radius 1 is 1.07 bits per heavy atom. The van der Waals surface area contributed by atoms with Crippen molar-refractivity contribution in [2.75, 3.05) is 13.1 Å². The van der Waals surface area contributed by atoms with Crippen LogP contribution in [0.1, 0.15) is 30.9 Å². The van der Waals surface area contributed by atoms with Crippen LogP contribution in [0.15, 0.2) is 95.0 Å². The van der Waals surface area contributed by atoms with Crippen molar-refractivity contribution < 1.29 is 13.9 Å². The number of amides is 1. The SMILES string of the molecule is CC1CCCN(C2=NC(=O)/C(=C/c3cn(-c4ccccc4)nc3-c3cccc(OCc4ccccc4F)c3)S2)C1. The van der Waals surface area contributed by atoms with Crippen molar-refractivity contribution >= 4 is 28.9 Å². The zero-order valence-electron chi connectivity index (χ0n) is 22.2. The Labute approximate surface area is 237 Å². The molecule has 4 aromatic rings. The fourth-order valence-corrected chi connectivity index (χ4v) is 5.92. The topological polar surface area (TPSA) is 59.7 Å². The van der Waals surface area contributed by atoms with Crippen molar-refractivity contribution in [2.45, 2.75) is 26.4 Å². The Morgan fingerprint density at radius 3 is 2.73 bits per heavy atom. The number of ether oxygens (including phenoxy) is 1. The highest BCUT2D eigenvalue weighted by Crippen LogP contribution is 2.35. The van der Waals surface area contributed by atoms with Gasteiger partial charge in [-0.25, -0.2) is 9.07 Å². The zero-order chi connectivity index (χ0) is 27.5. The van der Waals surface area contributed by atoms with Crippen molar-refractivity contribution in [1.29, 1.82) is 0 Å². The highest BCUT2D eigenvalue weighted by atomic mass is 32.2. The standard InChI is InChI=1S/C32H29FN4O2S/c1-22-9-8-16-36(19-22)32-34-31(38)29(40-32)18-25-20-37(26-12-3-2-4-13-26)35-30(25)23-11-7-14-27(17-23)39-21-24-10-5-6-15-28(24)33/h2-7,10-15,17-18,20,22H,8-9,16,19,21H2,1H3/b29-18-. The number of aromatic nitrogens is 2. The highest BCUT2D eigenvalue weighted by molar-refractivity contribution is 8.18. The van der Waals surface area contributed by atoms with Crippen LogP contribution in [0, 0.1) is 11.7 Å². The average Bonchev–Trinajstić information content (AvgIpc) is 3.57. The molecule has 1 fully saturated rings. The van der Waals surface area contributed by atoms with Crippen molar-refractivity contribution in [3.05, 3.63) is 107 Å². The van der Waals surface area contributed by atoms with Crippen LogP contribution in [0.5, 0.6) is 5.75 Å². The molecule has 1 saturated heterocycles. The molecule has 8 heteroatoms. The van der Waals surface area contributed by atoms with Gasteiger partial charge in [0.25, 0.3) is 5.91 Å². The lowest BCUT2D eigenvalue weighted by molar-refractivity contribution is -0.113. The first-order chi connectivity index (χ1) is 19.5. The lowest BCUT2D eigenvalue weighted by atomic mass is 10.0. The smallest absolute Gasteiger partial charge is 0.286 e. The molecule has 202 valence electrons. The lowest BCUT2D eigenvalue weighted by Gasteiger charge is -2.31. The minimum atomic E-state index is -0.298. The molecule has 0 bridgehead atoms. The first-order valence-corrected chi connectivity index (χ1v) is 14.2. The maximum absolute atomic E-state index is 14.1. The fourth-order valence-electron chi connectivity index (χ4n) is 4.98. The first kappa shape index (κ1) is 26.1. The van der Waals surface area contributed by atoms with Crippen LogP contribution in [-0.2, 0) is 11.4 Å². The van der Waals surface area contributed by atoms with Gasteiger partial charge in [-0.15, -0.1) is 0 Å². The van der Waals surface area contributed by atoms with Crippen LogP contribution < -0.4 is 4.74 Å². The number of piperidine rings is 1. The number of likely N-dealkylation sites (tertiary alicyclic amines) is 1. The number of hydrogen-bond donors (Lipinski definition) is 0. The van der Waals surface area contributed by atoms with Gasteiger partial charge in [-0.3, -0.25) is 4.79 Å². The number of carbonyl (C=O) groups excluding carboxylic acids is 1. The Bertz CT molecular complexity index is 1600. The Balaban J connectivity index is 1.31. The highest BCUT2D eigenvalue weighted by Gasteiger charge is 2.29. The molecule has 1 unspecified atom stereocenters. The molecule has 1 atom stereocenters. The fraction of sp³-hybridized carbons (Fsp3) is 0.219. The molecule has 0 radical (unpaired) electrons. The summed E-state index contributed by atoms with van der Waals surface area (Å²) in [5.74, 6) is 0.667. The number of para-hydroxylation sites is 1. The molecule has 0 spiro atoms. The molecule has 40 heavy (non-hydrogen) atoms. The van der Waals surface area contributed by atoms with Gasteiger partial charge in [0.15, 0.2) is 5.17 Å². The van der Waals surface area contributed by atoms with Crippen LogP contribution in [-0.4, -0.2) is 38.8 Å². The summed E-state index contributed by atoms with van der Waals surface area (Å²) in [6, 6.07) is 24.0. The van der Waals surface area contributed by atoms with Crippen molar-refractivity contribution in [2.24, 2.45) is 10.9 Å². The molecular weight excluding hydrogens is 523 g/mol. The van der Waals surface area contributed by atoms with Gasteiger partial charge in [0.05, 0.1) is 10.6 Å². The van der Waals surface area contributed by atoms with Crippen molar-refractivity contribution in [1.82, 2.24) is 14.7 Å². The molecule has 2 aliphatic heterocycles. The minimum absolute atomic E-state index is 0.117. The number of hydrogen-bond acceptors (Lipinski definition) is 5. The Kier molecular flexibility index (Phi) is 7.51. The second-order valence-corrected chi connectivity index (χ2v) is 11.1. The summed E-state index contributed by atoms with van der Waals surface area (Å²) in [4.78, 5) is 20.1. The third kappa shape index (κ3) is 5.72. The number of thioether (sulfide) groups is 1. The Hall–Kier alpha value is -4.17. The third-order valence-electron chi connectivity index (χ3n) is 7.05. The average molecular weight is 553 g/mol. The van der Waals surface area contributed by atoms with Crippen LogP contribution in [0.3, 0.4) is 0 Å². The lowest BCUT2D eigenvalue weighted by Crippen LogP contribution is -2.37. The van der Waals surface area contributed by atoms with E-state index >= 15 is 0 Å². The summed E-state index contributed by atoms with van der Waals surface area (Å²) >= 11 is 1.43. The van der Waals surface area contributed by atoms with E-state index in [1.54, 1.807) is 18.2 Å². The van der Waals surface area contributed by atoms with E-state index in [0.29, 0.717) is 27.8 Å². The normalized spacial score (nSPS) is 18.3. The summed E-state index contributed by atoms with van der Waals surface area (Å²) in [5.41, 5.74) is 3.73. The molecule has 3 aromatic carbocycles. The number of carbonyl (C=O) groups is 1. The second kappa shape index (κ2) is 11.5. The van der Waals surface area contributed by atoms with E-state index in [9.17, 15) is 9.18 Å². The van der Waals surface area contributed by atoms with Gasteiger partial charge in [-0.05, 0) is 66.9 Å². The predicted octanol–water partition coefficient (Wildman–Crippen LogP) is 6.96. The number of aliphatic imine (C=N–C) groups is 1. The molecule has 1 aromatic heterocycles. The molecule has 6 nitrogen and oxygen atoms in total. The van der Waals surface area contributed by atoms with E-state index < -0.39 is 0 Å². The van der Waals surface area contributed by atoms with E-state index in [4.69, 9.17) is 9.84 Å². The molecule has 0 saturated carbocycles. The van der Waals surface area contributed by atoms with Crippen molar-refractivity contribution in [3.63, 3.8) is 0 Å². The van der Waals surface area contributed by atoms with Gasteiger partial charge in [-0.1, -0.05) is 55.5 Å². The maximum Gasteiger partial charge on any atom is 0.286 e. The zero-order valence-corrected chi connectivity index (χ0v) is 23.0. The molecule has 0 aliphatic carbocycles. The summed E-state index contributed by atoms with van der Waals surface area (Å²) in [7, 11) is 0. The van der Waals surface area contributed by atoms with E-state index in [-0.39, 0.29) is 18.3 Å².